The fourth-order valence-corrected chi connectivity index (χ4v) is 5.10. The number of carbonyl (C=O) groups is 1. The van der Waals surface area contributed by atoms with Crippen molar-refractivity contribution in [3.63, 3.8) is 0 Å². The first-order chi connectivity index (χ1) is 12.6. The van der Waals surface area contributed by atoms with Gasteiger partial charge in [-0.3, -0.25) is 14.5 Å². The van der Waals surface area contributed by atoms with Gasteiger partial charge in [-0.25, -0.2) is 0 Å². The molecular weight excluding hydrogens is 364 g/mol. The molecule has 1 N–H and O–H groups in total. The number of hydrogen-bond acceptors (Lipinski definition) is 4. The molecular formula is C19H26N4OS2. The van der Waals surface area contributed by atoms with E-state index in [1.165, 1.54) is 12.8 Å². The summed E-state index contributed by atoms with van der Waals surface area (Å²) < 4.78 is 2.41. The first-order valence-electron chi connectivity index (χ1n) is 9.59. The predicted molar refractivity (Wildman–Crippen MR) is 107 cm³/mol. The number of amides is 1. The van der Waals surface area contributed by atoms with Gasteiger partial charge >= 0.3 is 0 Å². The summed E-state index contributed by atoms with van der Waals surface area (Å²) in [6, 6.07) is 4.49. The molecule has 26 heavy (non-hydrogen) atoms. The number of rotatable bonds is 5. The van der Waals surface area contributed by atoms with Crippen molar-refractivity contribution in [3.05, 3.63) is 22.3 Å². The summed E-state index contributed by atoms with van der Waals surface area (Å²) in [4.78, 5) is 16.7. The number of aromatic amines is 1. The SMILES string of the molecule is CC1CCC(N(C(=O)C(C)n2c(-c3cccs3)n[nH]c2=S)C2CC2)CC1. The lowest BCUT2D eigenvalue weighted by atomic mass is 9.86. The van der Waals surface area contributed by atoms with Gasteiger partial charge in [-0.05, 0) is 75.0 Å². The molecule has 1 amide bonds. The Hall–Kier alpha value is -1.47. The molecule has 2 saturated carbocycles. The Bertz CT molecular complexity index is 813. The molecule has 4 rings (SSSR count). The highest BCUT2D eigenvalue weighted by Gasteiger charge is 2.40. The van der Waals surface area contributed by atoms with Gasteiger partial charge in [0.15, 0.2) is 10.6 Å². The third-order valence-electron chi connectivity index (χ3n) is 5.76. The van der Waals surface area contributed by atoms with Gasteiger partial charge in [0.25, 0.3) is 0 Å². The molecule has 2 aromatic rings. The fourth-order valence-electron chi connectivity index (χ4n) is 4.10. The lowest BCUT2D eigenvalue weighted by Gasteiger charge is -2.38. The van der Waals surface area contributed by atoms with E-state index in [1.807, 2.05) is 29.0 Å². The van der Waals surface area contributed by atoms with Crippen LogP contribution in [0.15, 0.2) is 17.5 Å². The Morgan fingerprint density at radius 2 is 1.96 bits per heavy atom. The lowest BCUT2D eigenvalue weighted by Crippen LogP contribution is -2.46. The van der Waals surface area contributed by atoms with Crippen molar-refractivity contribution < 1.29 is 4.79 Å². The highest BCUT2D eigenvalue weighted by Crippen LogP contribution is 2.37. The van der Waals surface area contributed by atoms with E-state index in [1.54, 1.807) is 11.3 Å². The van der Waals surface area contributed by atoms with Crippen molar-refractivity contribution in [1.29, 1.82) is 0 Å². The van der Waals surface area contributed by atoms with Crippen molar-refractivity contribution in [1.82, 2.24) is 19.7 Å². The largest absolute Gasteiger partial charge is 0.335 e. The number of carbonyl (C=O) groups excluding carboxylic acids is 1. The zero-order valence-electron chi connectivity index (χ0n) is 15.4. The van der Waals surface area contributed by atoms with E-state index >= 15 is 0 Å². The lowest BCUT2D eigenvalue weighted by molar-refractivity contribution is -0.138. The molecule has 0 saturated heterocycles. The van der Waals surface area contributed by atoms with Gasteiger partial charge in [0.2, 0.25) is 5.91 Å². The predicted octanol–water partition coefficient (Wildman–Crippen LogP) is 4.80. The van der Waals surface area contributed by atoms with Gasteiger partial charge in [0, 0.05) is 12.1 Å². The third-order valence-corrected chi connectivity index (χ3v) is 6.92. The quantitative estimate of drug-likeness (QED) is 0.746. The maximum Gasteiger partial charge on any atom is 0.246 e. The molecule has 2 fully saturated rings. The van der Waals surface area contributed by atoms with Crippen molar-refractivity contribution in [2.24, 2.45) is 5.92 Å². The summed E-state index contributed by atoms with van der Waals surface area (Å²) >= 11 is 7.07. The zero-order valence-corrected chi connectivity index (χ0v) is 17.0. The van der Waals surface area contributed by atoms with Crippen LogP contribution in [-0.4, -0.2) is 37.7 Å². The van der Waals surface area contributed by atoms with Crippen molar-refractivity contribution in [2.75, 3.05) is 0 Å². The molecule has 2 heterocycles. The van der Waals surface area contributed by atoms with Gasteiger partial charge < -0.3 is 4.90 Å². The summed E-state index contributed by atoms with van der Waals surface area (Å²) in [5.41, 5.74) is 0. The first kappa shape index (κ1) is 17.9. The van der Waals surface area contributed by atoms with Crippen LogP contribution in [0.2, 0.25) is 0 Å². The summed E-state index contributed by atoms with van der Waals surface area (Å²) in [5.74, 6) is 1.74. The Balaban J connectivity index is 1.61. The summed E-state index contributed by atoms with van der Waals surface area (Å²) in [7, 11) is 0. The topological polar surface area (TPSA) is 53.9 Å². The van der Waals surface area contributed by atoms with E-state index in [4.69, 9.17) is 12.2 Å². The summed E-state index contributed by atoms with van der Waals surface area (Å²) in [5, 5.41) is 9.29. The third kappa shape index (κ3) is 3.39. The molecule has 0 aromatic carbocycles. The normalized spacial score (nSPS) is 24.4. The fraction of sp³-hybridized carbons (Fsp3) is 0.632. The zero-order chi connectivity index (χ0) is 18.3. The van der Waals surface area contributed by atoms with Crippen molar-refractivity contribution in [3.8, 4) is 10.7 Å². The van der Waals surface area contributed by atoms with Crippen LogP contribution >= 0.6 is 23.6 Å². The van der Waals surface area contributed by atoms with Crippen LogP contribution in [0.4, 0.5) is 0 Å². The second-order valence-corrected chi connectivity index (χ2v) is 9.10. The van der Waals surface area contributed by atoms with Crippen molar-refractivity contribution in [2.45, 2.75) is 70.5 Å². The van der Waals surface area contributed by atoms with Gasteiger partial charge in [0.1, 0.15) is 6.04 Å². The van der Waals surface area contributed by atoms with Gasteiger partial charge in [-0.1, -0.05) is 13.0 Å². The van der Waals surface area contributed by atoms with Gasteiger partial charge in [-0.15, -0.1) is 11.3 Å². The highest BCUT2D eigenvalue weighted by molar-refractivity contribution is 7.71. The van der Waals surface area contributed by atoms with Crippen LogP contribution in [0.3, 0.4) is 0 Å². The maximum atomic E-state index is 13.5. The minimum absolute atomic E-state index is 0.197. The monoisotopic (exact) mass is 390 g/mol. The van der Waals surface area contributed by atoms with Gasteiger partial charge in [-0.2, -0.15) is 5.10 Å². The molecule has 0 aliphatic heterocycles. The van der Waals surface area contributed by atoms with Crippen LogP contribution in [0.5, 0.6) is 0 Å². The van der Waals surface area contributed by atoms with Crippen LogP contribution in [-0.2, 0) is 4.79 Å². The summed E-state index contributed by atoms with van der Waals surface area (Å²) in [6.07, 6.45) is 6.98. The average Bonchev–Trinajstić information content (AvgIpc) is 3.16. The standard InChI is InChI=1S/C19H26N4OS2/c1-12-5-7-14(8-6-12)23(15-9-10-15)18(24)13(2)22-17(20-21-19(22)25)16-4-3-11-26-16/h3-4,11-15H,5-10H2,1-2H3,(H,21,25). The minimum atomic E-state index is -0.335. The molecule has 1 atom stereocenters. The number of thiophene rings is 1. The van der Waals surface area contributed by atoms with Gasteiger partial charge in [0.05, 0.1) is 4.88 Å². The number of nitrogens with zero attached hydrogens (tertiary/aromatic N) is 3. The number of hydrogen-bond donors (Lipinski definition) is 1. The van der Waals surface area contributed by atoms with Crippen LogP contribution in [0.25, 0.3) is 10.7 Å². The maximum absolute atomic E-state index is 13.5. The van der Waals surface area contributed by atoms with E-state index in [-0.39, 0.29) is 11.9 Å². The summed E-state index contributed by atoms with van der Waals surface area (Å²) in [6.45, 7) is 4.28. The Morgan fingerprint density at radius 1 is 1.31 bits per heavy atom. The van der Waals surface area contributed by atoms with Crippen LogP contribution in [0, 0.1) is 10.7 Å². The number of aromatic nitrogens is 3. The highest BCUT2D eigenvalue weighted by atomic mass is 32.1. The molecule has 0 bridgehead atoms. The number of nitrogens with one attached hydrogen (secondary N) is 1. The van der Waals surface area contributed by atoms with Crippen molar-refractivity contribution >= 4 is 29.5 Å². The second kappa shape index (κ2) is 7.27. The van der Waals surface area contributed by atoms with E-state index in [2.05, 4.69) is 22.0 Å². The molecule has 2 aromatic heterocycles. The Morgan fingerprint density at radius 3 is 2.54 bits per heavy atom. The molecule has 0 radical (unpaired) electrons. The van der Waals surface area contributed by atoms with E-state index in [0.29, 0.717) is 16.9 Å². The van der Waals surface area contributed by atoms with E-state index in [0.717, 1.165) is 42.3 Å². The minimum Gasteiger partial charge on any atom is -0.335 e. The molecule has 1 unspecified atom stereocenters. The smallest absolute Gasteiger partial charge is 0.246 e. The molecule has 2 aliphatic rings. The van der Waals surface area contributed by atoms with Crippen LogP contribution < -0.4 is 0 Å². The molecule has 2 aliphatic carbocycles. The van der Waals surface area contributed by atoms with Crippen LogP contribution in [0.1, 0.15) is 58.4 Å². The Labute approximate surface area is 163 Å². The number of H-pyrrole nitrogens is 1. The van der Waals surface area contributed by atoms with E-state index < -0.39 is 0 Å². The molecule has 0 spiro atoms. The average molecular weight is 391 g/mol. The van der Waals surface area contributed by atoms with E-state index in [9.17, 15) is 4.79 Å². The second-order valence-electron chi connectivity index (χ2n) is 7.77. The first-order valence-corrected chi connectivity index (χ1v) is 10.9. The molecule has 5 nitrogen and oxygen atoms in total. The Kier molecular flexibility index (Phi) is 5.01. The molecule has 140 valence electrons. The molecule has 7 heteroatoms.